The van der Waals surface area contributed by atoms with Gasteiger partial charge in [0.05, 0.1) is 4.90 Å². The summed E-state index contributed by atoms with van der Waals surface area (Å²) < 4.78 is 27.5. The maximum Gasteiger partial charge on any atom is 0.261 e. The number of benzene rings is 3. The molecule has 0 saturated carbocycles. The van der Waals surface area contributed by atoms with Crippen LogP contribution >= 0.6 is 0 Å². The number of para-hydroxylation sites is 1. The van der Waals surface area contributed by atoms with Crippen LogP contribution in [0.15, 0.2) is 83.8 Å². The highest BCUT2D eigenvalue weighted by Gasteiger charge is 2.15. The van der Waals surface area contributed by atoms with Crippen molar-refractivity contribution in [2.75, 3.05) is 10.0 Å². The fourth-order valence-electron chi connectivity index (χ4n) is 3.09. The molecule has 6 heteroatoms. The Morgan fingerprint density at radius 3 is 2.00 bits per heavy atom. The van der Waals surface area contributed by atoms with Crippen LogP contribution in [-0.2, 0) is 26.7 Å². The van der Waals surface area contributed by atoms with Gasteiger partial charge in [-0.1, -0.05) is 63.2 Å². The van der Waals surface area contributed by atoms with Gasteiger partial charge in [0.25, 0.3) is 10.0 Å². The molecule has 5 nitrogen and oxygen atoms in total. The monoisotopic (exact) mass is 436 g/mol. The molecule has 0 saturated heterocycles. The first kappa shape index (κ1) is 22.6. The summed E-state index contributed by atoms with van der Waals surface area (Å²) in [5.74, 6) is -0.113. The van der Waals surface area contributed by atoms with E-state index in [2.05, 4.69) is 55.1 Å². The standard InChI is InChI=1S/C25H28N2O3S/c1-25(2,3)20-12-9-19(10-13-20)11-18-24(28)26-21-14-16-23(17-15-21)31(29,30)27-22-7-5-4-6-8-22/h4-10,12-17,27H,11,18H2,1-3H3,(H,26,28). The lowest BCUT2D eigenvalue weighted by Gasteiger charge is -2.19. The minimum Gasteiger partial charge on any atom is -0.326 e. The molecule has 31 heavy (non-hydrogen) atoms. The highest BCUT2D eigenvalue weighted by atomic mass is 32.2. The quantitative estimate of drug-likeness (QED) is 0.524. The molecule has 3 aromatic carbocycles. The van der Waals surface area contributed by atoms with Crippen molar-refractivity contribution in [3.8, 4) is 0 Å². The number of hydrogen-bond acceptors (Lipinski definition) is 3. The molecule has 3 rings (SSSR count). The van der Waals surface area contributed by atoms with Crippen LogP contribution in [0.2, 0.25) is 0 Å². The Labute approximate surface area is 184 Å². The van der Waals surface area contributed by atoms with Crippen LogP contribution in [0.1, 0.15) is 38.3 Å². The van der Waals surface area contributed by atoms with Gasteiger partial charge in [-0.05, 0) is 59.4 Å². The van der Waals surface area contributed by atoms with E-state index in [0.29, 0.717) is 24.2 Å². The van der Waals surface area contributed by atoms with Crippen molar-refractivity contribution in [1.82, 2.24) is 0 Å². The number of hydrogen-bond donors (Lipinski definition) is 2. The van der Waals surface area contributed by atoms with Crippen LogP contribution in [-0.4, -0.2) is 14.3 Å². The van der Waals surface area contributed by atoms with Crippen molar-refractivity contribution < 1.29 is 13.2 Å². The third-order valence-corrected chi connectivity index (χ3v) is 6.33. The van der Waals surface area contributed by atoms with Gasteiger partial charge in [0.2, 0.25) is 5.91 Å². The van der Waals surface area contributed by atoms with Gasteiger partial charge in [-0.25, -0.2) is 8.42 Å². The van der Waals surface area contributed by atoms with E-state index in [-0.39, 0.29) is 16.2 Å². The lowest BCUT2D eigenvalue weighted by Crippen LogP contribution is -2.14. The summed E-state index contributed by atoms with van der Waals surface area (Å²) in [7, 11) is -3.68. The summed E-state index contributed by atoms with van der Waals surface area (Å²) >= 11 is 0. The van der Waals surface area contributed by atoms with Crippen molar-refractivity contribution >= 4 is 27.3 Å². The molecule has 0 aliphatic rings. The number of anilines is 2. The first-order valence-electron chi connectivity index (χ1n) is 10.2. The number of carbonyl (C=O) groups excluding carboxylic acids is 1. The molecule has 0 spiro atoms. The Hall–Kier alpha value is -3.12. The van der Waals surface area contributed by atoms with Gasteiger partial charge in [-0.2, -0.15) is 0 Å². The molecule has 0 fully saturated rings. The number of aryl methyl sites for hydroxylation is 1. The van der Waals surface area contributed by atoms with E-state index in [0.717, 1.165) is 5.56 Å². The maximum absolute atomic E-state index is 12.5. The van der Waals surface area contributed by atoms with Crippen LogP contribution in [0.25, 0.3) is 0 Å². The van der Waals surface area contributed by atoms with Crippen molar-refractivity contribution in [2.45, 2.75) is 43.9 Å². The van der Waals surface area contributed by atoms with Crippen LogP contribution in [0.3, 0.4) is 0 Å². The normalized spacial score (nSPS) is 11.7. The summed E-state index contributed by atoms with van der Waals surface area (Å²) in [5.41, 5.74) is 3.53. The number of carbonyl (C=O) groups is 1. The molecule has 0 unspecified atom stereocenters. The van der Waals surface area contributed by atoms with Crippen molar-refractivity contribution in [1.29, 1.82) is 0 Å². The Morgan fingerprint density at radius 2 is 1.42 bits per heavy atom. The molecule has 2 N–H and O–H groups in total. The predicted molar refractivity (Wildman–Crippen MR) is 126 cm³/mol. The third kappa shape index (κ3) is 6.43. The molecule has 0 aromatic heterocycles. The molecule has 0 aliphatic carbocycles. The van der Waals surface area contributed by atoms with E-state index < -0.39 is 10.0 Å². The summed E-state index contributed by atoms with van der Waals surface area (Å²) in [6.07, 6.45) is 0.994. The second kappa shape index (κ2) is 9.35. The molecular formula is C25H28N2O3S. The number of sulfonamides is 1. The summed E-state index contributed by atoms with van der Waals surface area (Å²) in [4.78, 5) is 12.4. The topological polar surface area (TPSA) is 75.3 Å². The predicted octanol–water partition coefficient (Wildman–Crippen LogP) is 5.36. The molecule has 0 aliphatic heterocycles. The zero-order chi connectivity index (χ0) is 22.5. The van der Waals surface area contributed by atoms with E-state index in [1.165, 1.54) is 17.7 Å². The van der Waals surface area contributed by atoms with Gasteiger partial charge in [-0.3, -0.25) is 9.52 Å². The first-order chi connectivity index (χ1) is 14.6. The van der Waals surface area contributed by atoms with Gasteiger partial charge in [0.1, 0.15) is 0 Å². The number of amides is 1. The fourth-order valence-corrected chi connectivity index (χ4v) is 4.15. The van der Waals surface area contributed by atoms with E-state index >= 15 is 0 Å². The Bertz CT molecular complexity index is 1120. The molecule has 3 aromatic rings. The van der Waals surface area contributed by atoms with Crippen LogP contribution in [0.5, 0.6) is 0 Å². The number of nitrogens with one attached hydrogen (secondary N) is 2. The molecule has 0 radical (unpaired) electrons. The van der Waals surface area contributed by atoms with Crippen molar-refractivity contribution in [3.05, 3.63) is 90.0 Å². The summed E-state index contributed by atoms with van der Waals surface area (Å²) in [6, 6.07) is 23.2. The minimum absolute atomic E-state index is 0.103. The first-order valence-corrected chi connectivity index (χ1v) is 11.7. The Morgan fingerprint density at radius 1 is 0.806 bits per heavy atom. The number of rotatable bonds is 7. The van der Waals surface area contributed by atoms with Crippen molar-refractivity contribution in [3.63, 3.8) is 0 Å². The molecule has 1 amide bonds. The van der Waals surface area contributed by atoms with Gasteiger partial charge in [-0.15, -0.1) is 0 Å². The van der Waals surface area contributed by atoms with Gasteiger partial charge >= 0.3 is 0 Å². The Balaban J connectivity index is 1.55. The molecular weight excluding hydrogens is 408 g/mol. The minimum atomic E-state index is -3.68. The lowest BCUT2D eigenvalue weighted by atomic mass is 9.86. The van der Waals surface area contributed by atoms with Crippen molar-refractivity contribution in [2.24, 2.45) is 0 Å². The SMILES string of the molecule is CC(C)(C)c1ccc(CCC(=O)Nc2ccc(S(=O)(=O)Nc3ccccc3)cc2)cc1. The maximum atomic E-state index is 12.5. The lowest BCUT2D eigenvalue weighted by molar-refractivity contribution is -0.116. The highest BCUT2D eigenvalue weighted by molar-refractivity contribution is 7.92. The van der Waals surface area contributed by atoms with E-state index in [4.69, 9.17) is 0 Å². The van der Waals surface area contributed by atoms with E-state index in [1.807, 2.05) is 6.07 Å². The van der Waals surface area contributed by atoms with Gasteiger partial charge in [0.15, 0.2) is 0 Å². The van der Waals surface area contributed by atoms with Crippen LogP contribution in [0, 0.1) is 0 Å². The third-order valence-electron chi connectivity index (χ3n) is 4.94. The summed E-state index contributed by atoms with van der Waals surface area (Å²) in [6.45, 7) is 6.51. The van der Waals surface area contributed by atoms with Gasteiger partial charge in [0, 0.05) is 17.8 Å². The average molecular weight is 437 g/mol. The van der Waals surface area contributed by atoms with E-state index in [9.17, 15) is 13.2 Å². The summed E-state index contributed by atoms with van der Waals surface area (Å²) in [5, 5.41) is 2.82. The second-order valence-electron chi connectivity index (χ2n) is 8.49. The highest BCUT2D eigenvalue weighted by Crippen LogP contribution is 2.23. The van der Waals surface area contributed by atoms with Gasteiger partial charge < -0.3 is 5.32 Å². The van der Waals surface area contributed by atoms with E-state index in [1.54, 1.807) is 36.4 Å². The Kier molecular flexibility index (Phi) is 6.81. The smallest absolute Gasteiger partial charge is 0.261 e. The average Bonchev–Trinajstić information content (AvgIpc) is 2.73. The van der Waals surface area contributed by atoms with Crippen LogP contribution in [0.4, 0.5) is 11.4 Å². The zero-order valence-electron chi connectivity index (χ0n) is 18.1. The van der Waals surface area contributed by atoms with Crippen LogP contribution < -0.4 is 10.0 Å². The second-order valence-corrected chi connectivity index (χ2v) is 10.2. The molecule has 0 atom stereocenters. The molecule has 0 heterocycles. The zero-order valence-corrected chi connectivity index (χ0v) is 18.9. The molecule has 0 bridgehead atoms. The fraction of sp³-hybridized carbons (Fsp3) is 0.240. The largest absolute Gasteiger partial charge is 0.326 e. The molecule has 162 valence electrons.